The molecule has 5 rings (SSSR count). The van der Waals surface area contributed by atoms with E-state index in [1.54, 1.807) is 13.1 Å². The van der Waals surface area contributed by atoms with E-state index in [1.807, 2.05) is 22.8 Å². The van der Waals surface area contributed by atoms with E-state index in [1.165, 1.54) is 20.3 Å². The largest absolute Gasteiger partial charge is 0.332 e. The molecule has 8 heteroatoms. The van der Waals surface area contributed by atoms with Crippen LogP contribution in [0.15, 0.2) is 52.1 Å². The number of benzene rings is 2. The summed E-state index contributed by atoms with van der Waals surface area (Å²) < 4.78 is 4.67. The van der Waals surface area contributed by atoms with Gasteiger partial charge in [0.15, 0.2) is 11.2 Å². The van der Waals surface area contributed by atoms with E-state index >= 15 is 0 Å². The number of hydrogen-bond donors (Lipinski definition) is 0. The summed E-state index contributed by atoms with van der Waals surface area (Å²) in [7, 11) is 1.66. The molecule has 1 unspecified atom stereocenters. The minimum atomic E-state index is -0.408. The van der Waals surface area contributed by atoms with Crippen LogP contribution in [0.3, 0.4) is 0 Å². The number of hydrogen-bond acceptors (Lipinski definition) is 4. The summed E-state index contributed by atoms with van der Waals surface area (Å²) in [5, 5.41) is 0.525. The van der Waals surface area contributed by atoms with Crippen LogP contribution in [0.4, 0.5) is 11.6 Å². The van der Waals surface area contributed by atoms with Crippen molar-refractivity contribution in [3.63, 3.8) is 0 Å². The molecule has 0 saturated heterocycles. The fourth-order valence-corrected chi connectivity index (χ4v) is 4.96. The summed E-state index contributed by atoms with van der Waals surface area (Å²) in [5.41, 5.74) is 4.19. The molecule has 7 nitrogen and oxygen atoms in total. The predicted octanol–water partition coefficient (Wildman–Crippen LogP) is 4.00. The Morgan fingerprint density at radius 1 is 1.06 bits per heavy atom. The summed E-state index contributed by atoms with van der Waals surface area (Å²) in [6.07, 6.45) is 0. The monoisotopic (exact) mass is 463 g/mol. The van der Waals surface area contributed by atoms with Crippen molar-refractivity contribution in [2.45, 2.75) is 33.9 Å². The number of halogens is 1. The van der Waals surface area contributed by atoms with Gasteiger partial charge in [-0.05, 0) is 54.7 Å². The van der Waals surface area contributed by atoms with Crippen LogP contribution in [0.5, 0.6) is 0 Å². The second-order valence-corrected chi connectivity index (χ2v) is 9.49. The van der Waals surface area contributed by atoms with Gasteiger partial charge < -0.3 is 9.47 Å². The molecule has 33 heavy (non-hydrogen) atoms. The second kappa shape index (κ2) is 7.92. The quantitative estimate of drug-likeness (QED) is 0.460. The Kier molecular flexibility index (Phi) is 5.16. The third-order valence-electron chi connectivity index (χ3n) is 6.25. The van der Waals surface area contributed by atoms with Gasteiger partial charge in [0.25, 0.3) is 5.56 Å². The predicted molar refractivity (Wildman–Crippen MR) is 132 cm³/mol. The summed E-state index contributed by atoms with van der Waals surface area (Å²) >= 11 is 6.31. The number of imidazole rings is 1. The molecular formula is C25H26ClN5O2. The van der Waals surface area contributed by atoms with Crippen molar-refractivity contribution in [1.29, 1.82) is 0 Å². The van der Waals surface area contributed by atoms with Crippen molar-refractivity contribution in [3.05, 3.63) is 85.0 Å². The van der Waals surface area contributed by atoms with Gasteiger partial charge in [0.1, 0.15) is 0 Å². The van der Waals surface area contributed by atoms with Crippen LogP contribution in [0, 0.1) is 19.8 Å². The van der Waals surface area contributed by atoms with Gasteiger partial charge in [0, 0.05) is 30.8 Å². The van der Waals surface area contributed by atoms with E-state index in [2.05, 4.69) is 43.9 Å². The van der Waals surface area contributed by atoms with Gasteiger partial charge in [-0.25, -0.2) is 4.79 Å². The van der Waals surface area contributed by atoms with Crippen LogP contribution < -0.4 is 16.1 Å². The third kappa shape index (κ3) is 3.56. The van der Waals surface area contributed by atoms with E-state index in [4.69, 9.17) is 16.6 Å². The van der Waals surface area contributed by atoms with Gasteiger partial charge in [-0.15, -0.1) is 0 Å². The van der Waals surface area contributed by atoms with Crippen molar-refractivity contribution in [2.75, 3.05) is 11.4 Å². The summed E-state index contributed by atoms with van der Waals surface area (Å²) in [5.74, 6) is 0.986. The van der Waals surface area contributed by atoms with Gasteiger partial charge in [-0.3, -0.25) is 13.9 Å². The Bertz CT molecular complexity index is 1490. The van der Waals surface area contributed by atoms with Gasteiger partial charge in [0.2, 0.25) is 5.95 Å². The Labute approximate surface area is 196 Å². The van der Waals surface area contributed by atoms with Gasteiger partial charge in [0.05, 0.1) is 6.54 Å². The summed E-state index contributed by atoms with van der Waals surface area (Å²) in [4.78, 5) is 33.7. The third-order valence-corrected chi connectivity index (χ3v) is 6.62. The van der Waals surface area contributed by atoms with Gasteiger partial charge in [-0.2, -0.15) is 4.98 Å². The zero-order valence-corrected chi connectivity index (χ0v) is 19.9. The van der Waals surface area contributed by atoms with Gasteiger partial charge >= 0.3 is 5.69 Å². The maximum absolute atomic E-state index is 13.6. The molecule has 0 N–H and O–H groups in total. The van der Waals surface area contributed by atoms with Gasteiger partial charge in [-0.1, -0.05) is 42.8 Å². The second-order valence-electron chi connectivity index (χ2n) is 9.08. The van der Waals surface area contributed by atoms with Crippen LogP contribution in [0.1, 0.15) is 23.6 Å². The first-order valence-electron chi connectivity index (χ1n) is 11.0. The van der Waals surface area contributed by atoms with Crippen LogP contribution in [-0.2, 0) is 20.1 Å². The maximum Gasteiger partial charge on any atom is 0.332 e. The van der Waals surface area contributed by atoms with Crippen molar-refractivity contribution in [2.24, 2.45) is 13.0 Å². The zero-order valence-electron chi connectivity index (χ0n) is 19.2. The topological polar surface area (TPSA) is 65.1 Å². The average molecular weight is 464 g/mol. The number of aryl methyl sites for hydroxylation is 3. The van der Waals surface area contributed by atoms with E-state index in [9.17, 15) is 9.59 Å². The Morgan fingerprint density at radius 3 is 2.45 bits per heavy atom. The maximum atomic E-state index is 13.6. The lowest BCUT2D eigenvalue weighted by Gasteiger charge is -2.33. The number of nitrogens with zero attached hydrogens (tertiary/aromatic N) is 5. The molecule has 0 aliphatic carbocycles. The molecule has 3 heterocycles. The van der Waals surface area contributed by atoms with E-state index in [0.717, 1.165) is 17.8 Å². The molecule has 0 spiro atoms. The Balaban J connectivity index is 1.74. The van der Waals surface area contributed by atoms with Crippen LogP contribution >= 0.6 is 11.6 Å². The van der Waals surface area contributed by atoms with Crippen LogP contribution in [-0.4, -0.2) is 25.2 Å². The molecular weight excluding hydrogens is 438 g/mol. The zero-order chi connectivity index (χ0) is 23.4. The van der Waals surface area contributed by atoms with Crippen LogP contribution in [0.25, 0.3) is 11.2 Å². The van der Waals surface area contributed by atoms with Crippen molar-refractivity contribution >= 4 is 34.4 Å². The van der Waals surface area contributed by atoms with E-state index in [-0.39, 0.29) is 12.1 Å². The van der Waals surface area contributed by atoms with Crippen molar-refractivity contribution in [3.8, 4) is 0 Å². The number of fused-ring (bicyclic) bond motifs is 3. The SMILES string of the molecule is Cc1cc(C)cc(N2CC(C)Cn3c2nc2c3c(=O)n(Cc3ccccc3Cl)c(=O)n2C)c1. The van der Waals surface area contributed by atoms with E-state index in [0.29, 0.717) is 34.6 Å². The highest BCUT2D eigenvalue weighted by Gasteiger charge is 2.30. The standard InChI is InChI=1S/C25H26ClN5O2/c1-15-9-16(2)11-19(10-15)29-12-17(3)13-30-21-22(27-24(29)30)28(4)25(33)31(23(21)32)14-18-7-5-6-8-20(18)26/h5-11,17H,12-14H2,1-4H3. The number of aromatic nitrogens is 4. The van der Waals surface area contributed by atoms with E-state index < -0.39 is 5.69 Å². The molecule has 0 fully saturated rings. The first-order valence-corrected chi connectivity index (χ1v) is 11.4. The van der Waals surface area contributed by atoms with Crippen molar-refractivity contribution in [1.82, 2.24) is 18.7 Å². The lowest BCUT2D eigenvalue weighted by molar-refractivity contribution is 0.458. The Morgan fingerprint density at radius 2 is 1.76 bits per heavy atom. The molecule has 1 aliphatic heterocycles. The number of rotatable bonds is 3. The normalized spacial score (nSPS) is 15.8. The lowest BCUT2D eigenvalue weighted by atomic mass is 10.1. The smallest absolute Gasteiger partial charge is 0.312 e. The molecule has 0 saturated carbocycles. The van der Waals surface area contributed by atoms with Crippen molar-refractivity contribution < 1.29 is 0 Å². The minimum absolute atomic E-state index is 0.109. The molecule has 4 aromatic rings. The molecule has 0 bridgehead atoms. The first-order chi connectivity index (χ1) is 15.7. The summed E-state index contributed by atoms with van der Waals surface area (Å²) in [6, 6.07) is 13.7. The molecule has 0 amide bonds. The Hall–Kier alpha value is -3.32. The number of anilines is 2. The summed E-state index contributed by atoms with van der Waals surface area (Å²) in [6.45, 7) is 7.86. The molecule has 1 aliphatic rings. The molecule has 2 aromatic heterocycles. The molecule has 170 valence electrons. The highest BCUT2D eigenvalue weighted by Crippen LogP contribution is 2.33. The lowest BCUT2D eigenvalue weighted by Crippen LogP contribution is -2.40. The van der Waals surface area contributed by atoms with Crippen LogP contribution in [0.2, 0.25) is 5.02 Å². The first kappa shape index (κ1) is 21.5. The highest BCUT2D eigenvalue weighted by atomic mass is 35.5. The molecule has 0 radical (unpaired) electrons. The average Bonchev–Trinajstić information content (AvgIpc) is 3.14. The fourth-order valence-electron chi connectivity index (χ4n) is 4.77. The molecule has 1 atom stereocenters. The fraction of sp³-hybridized carbons (Fsp3) is 0.320. The minimum Gasteiger partial charge on any atom is -0.312 e. The highest BCUT2D eigenvalue weighted by molar-refractivity contribution is 6.31. The molecule has 2 aromatic carbocycles.